The standard InChI is InChI=1S/C14H20O.C5H10.2CH3.Fe/c1-10-6-3-4-8-12(10)14(15)13-9-5-7-11(13)2;1-2-4-5-3-1;;;/h3-4,6,8,11,13-15H,5,7,9H2,1-2H3;1-5H2;2*1H3;/q;;2*-1;+2. The zero-order valence-electron chi connectivity index (χ0n) is 15.5. The smallest absolute Gasteiger partial charge is 0.388 e. The van der Waals surface area contributed by atoms with Crippen molar-refractivity contribution in [1.29, 1.82) is 0 Å². The summed E-state index contributed by atoms with van der Waals surface area (Å²) in [5, 5.41) is 10.4. The third kappa shape index (κ3) is 7.42. The SMILES string of the molecule is C1CCCC1.Cc1ccccc1C(O)C1CCCC1C.[CH3-].[CH3-].[Fe+2]. The van der Waals surface area contributed by atoms with Gasteiger partial charge in [0.1, 0.15) is 0 Å². The molecule has 3 rings (SSSR count). The topological polar surface area (TPSA) is 20.2 Å². The number of aryl methyl sites for hydroxylation is 1. The molecule has 0 aliphatic heterocycles. The fourth-order valence-corrected chi connectivity index (χ4v) is 3.68. The average molecular weight is 360 g/mol. The van der Waals surface area contributed by atoms with Gasteiger partial charge in [-0.2, -0.15) is 0 Å². The van der Waals surface area contributed by atoms with Gasteiger partial charge in [0.25, 0.3) is 0 Å². The summed E-state index contributed by atoms with van der Waals surface area (Å²) >= 11 is 0. The van der Waals surface area contributed by atoms with Gasteiger partial charge in [-0.25, -0.2) is 0 Å². The molecule has 0 radical (unpaired) electrons. The molecule has 134 valence electrons. The molecule has 0 bridgehead atoms. The fourth-order valence-electron chi connectivity index (χ4n) is 3.68. The molecule has 3 unspecified atom stereocenters. The molecule has 0 aromatic heterocycles. The molecule has 1 aromatic carbocycles. The van der Waals surface area contributed by atoms with Gasteiger partial charge in [-0.3, -0.25) is 0 Å². The van der Waals surface area contributed by atoms with Crippen molar-refractivity contribution in [2.45, 2.75) is 71.3 Å². The number of hydrogen-bond donors (Lipinski definition) is 1. The van der Waals surface area contributed by atoms with Gasteiger partial charge in [0, 0.05) is 0 Å². The Morgan fingerprint density at radius 1 is 0.913 bits per heavy atom. The molecule has 0 heterocycles. The van der Waals surface area contributed by atoms with Crippen LogP contribution >= 0.6 is 0 Å². The van der Waals surface area contributed by atoms with E-state index in [1.165, 1.54) is 56.9 Å². The van der Waals surface area contributed by atoms with E-state index in [-0.39, 0.29) is 38.0 Å². The van der Waals surface area contributed by atoms with E-state index in [1.807, 2.05) is 12.1 Å². The minimum Gasteiger partial charge on any atom is -0.388 e. The molecule has 1 nitrogen and oxygen atoms in total. The van der Waals surface area contributed by atoms with Crippen molar-refractivity contribution in [2.24, 2.45) is 11.8 Å². The first-order valence-corrected chi connectivity index (χ1v) is 8.43. The van der Waals surface area contributed by atoms with E-state index in [9.17, 15) is 5.11 Å². The fraction of sp³-hybridized carbons (Fsp3) is 0.619. The number of aliphatic hydroxyl groups excluding tert-OH is 1. The van der Waals surface area contributed by atoms with Crippen LogP contribution in [0.5, 0.6) is 0 Å². The first-order valence-electron chi connectivity index (χ1n) is 8.43. The maximum Gasteiger partial charge on any atom is 2.00 e. The van der Waals surface area contributed by atoms with Crippen LogP contribution < -0.4 is 0 Å². The summed E-state index contributed by atoms with van der Waals surface area (Å²) in [6.07, 6.45) is 11.0. The van der Waals surface area contributed by atoms with Crippen LogP contribution in [-0.2, 0) is 17.1 Å². The van der Waals surface area contributed by atoms with Crippen LogP contribution in [0.1, 0.15) is 75.5 Å². The average Bonchev–Trinajstić information content (AvgIpc) is 3.12. The summed E-state index contributed by atoms with van der Waals surface area (Å²) in [4.78, 5) is 0. The minimum atomic E-state index is -0.260. The summed E-state index contributed by atoms with van der Waals surface area (Å²) in [5.74, 6) is 1.13. The summed E-state index contributed by atoms with van der Waals surface area (Å²) < 4.78 is 0. The summed E-state index contributed by atoms with van der Waals surface area (Å²) in [6, 6.07) is 8.19. The van der Waals surface area contributed by atoms with Gasteiger partial charge in [-0.05, 0) is 36.3 Å². The Morgan fingerprint density at radius 2 is 1.43 bits per heavy atom. The Balaban J connectivity index is 0. The number of hydrogen-bond acceptors (Lipinski definition) is 1. The van der Waals surface area contributed by atoms with E-state index < -0.39 is 0 Å². The molecular weight excluding hydrogens is 324 g/mol. The molecule has 0 amide bonds. The van der Waals surface area contributed by atoms with Gasteiger partial charge in [0.15, 0.2) is 0 Å². The molecule has 23 heavy (non-hydrogen) atoms. The van der Waals surface area contributed by atoms with E-state index >= 15 is 0 Å². The molecule has 2 fully saturated rings. The van der Waals surface area contributed by atoms with Gasteiger partial charge in [-0.1, -0.05) is 76.1 Å². The van der Waals surface area contributed by atoms with E-state index in [0.717, 1.165) is 5.56 Å². The van der Waals surface area contributed by atoms with Crippen LogP contribution in [0.4, 0.5) is 0 Å². The van der Waals surface area contributed by atoms with Gasteiger partial charge in [0.2, 0.25) is 0 Å². The van der Waals surface area contributed by atoms with Gasteiger partial charge >= 0.3 is 17.1 Å². The van der Waals surface area contributed by atoms with E-state index in [1.54, 1.807) is 0 Å². The summed E-state index contributed by atoms with van der Waals surface area (Å²) in [5.41, 5.74) is 2.33. The molecule has 0 spiro atoms. The molecule has 2 saturated carbocycles. The predicted octanol–water partition coefficient (Wildman–Crippen LogP) is 6.31. The van der Waals surface area contributed by atoms with Crippen molar-refractivity contribution in [1.82, 2.24) is 0 Å². The van der Waals surface area contributed by atoms with Crippen molar-refractivity contribution in [2.75, 3.05) is 0 Å². The van der Waals surface area contributed by atoms with E-state index in [0.29, 0.717) is 11.8 Å². The van der Waals surface area contributed by atoms with Crippen molar-refractivity contribution in [3.8, 4) is 0 Å². The predicted molar refractivity (Wildman–Crippen MR) is 98.6 cm³/mol. The Labute approximate surface area is 155 Å². The van der Waals surface area contributed by atoms with E-state index in [2.05, 4.69) is 26.0 Å². The van der Waals surface area contributed by atoms with Crippen molar-refractivity contribution >= 4 is 0 Å². The van der Waals surface area contributed by atoms with Crippen molar-refractivity contribution in [3.63, 3.8) is 0 Å². The number of rotatable bonds is 2. The molecule has 1 N–H and O–H groups in total. The summed E-state index contributed by atoms with van der Waals surface area (Å²) in [7, 11) is 0. The van der Waals surface area contributed by atoms with Crippen LogP contribution in [0.15, 0.2) is 24.3 Å². The number of aliphatic hydroxyl groups is 1. The van der Waals surface area contributed by atoms with Gasteiger partial charge in [0.05, 0.1) is 6.10 Å². The molecular formula is C21H36FeO. The molecule has 2 aliphatic carbocycles. The van der Waals surface area contributed by atoms with Crippen LogP contribution in [0.25, 0.3) is 0 Å². The first-order chi connectivity index (χ1) is 9.70. The van der Waals surface area contributed by atoms with Gasteiger partial charge in [-0.15, -0.1) is 0 Å². The monoisotopic (exact) mass is 360 g/mol. The van der Waals surface area contributed by atoms with Crippen LogP contribution in [-0.4, -0.2) is 5.11 Å². The third-order valence-electron chi connectivity index (χ3n) is 5.09. The minimum absolute atomic E-state index is 0. The summed E-state index contributed by atoms with van der Waals surface area (Å²) in [6.45, 7) is 4.34. The second-order valence-corrected chi connectivity index (χ2v) is 6.64. The largest absolute Gasteiger partial charge is 2.00 e. The van der Waals surface area contributed by atoms with Gasteiger partial charge < -0.3 is 20.0 Å². The zero-order valence-corrected chi connectivity index (χ0v) is 16.6. The molecule has 3 atom stereocenters. The molecule has 2 aliphatic rings. The van der Waals surface area contributed by atoms with Crippen molar-refractivity contribution < 1.29 is 22.2 Å². The second-order valence-electron chi connectivity index (χ2n) is 6.64. The normalized spacial score (nSPS) is 23.4. The van der Waals surface area contributed by atoms with E-state index in [4.69, 9.17) is 0 Å². The molecule has 1 aromatic rings. The molecule has 0 saturated heterocycles. The Bertz CT molecular complexity index is 393. The maximum absolute atomic E-state index is 10.4. The zero-order chi connectivity index (χ0) is 14.4. The Kier molecular flexibility index (Phi) is 14.1. The first kappa shape index (κ1) is 24.9. The quantitative estimate of drug-likeness (QED) is 0.484. The third-order valence-corrected chi connectivity index (χ3v) is 5.09. The number of benzene rings is 1. The Morgan fingerprint density at radius 3 is 1.87 bits per heavy atom. The van der Waals surface area contributed by atoms with Crippen molar-refractivity contribution in [3.05, 3.63) is 50.2 Å². The second kappa shape index (κ2) is 13.0. The van der Waals surface area contributed by atoms with Crippen LogP contribution in [0, 0.1) is 33.6 Å². The Hall–Kier alpha value is -0.301. The molecule has 2 heteroatoms. The maximum atomic E-state index is 10.4. The van der Waals surface area contributed by atoms with Crippen LogP contribution in [0.3, 0.4) is 0 Å². The van der Waals surface area contributed by atoms with Crippen LogP contribution in [0.2, 0.25) is 0 Å².